The van der Waals surface area contributed by atoms with E-state index < -0.39 is 0 Å². The van der Waals surface area contributed by atoms with Crippen molar-refractivity contribution in [2.45, 2.75) is 13.3 Å². The first kappa shape index (κ1) is 14.0. The smallest absolute Gasteiger partial charge is 0.245 e. The Hall–Kier alpha value is -1.46. The average molecular weight is 301 g/mol. The second-order valence-electron chi connectivity index (χ2n) is 3.97. The summed E-state index contributed by atoms with van der Waals surface area (Å²) in [7, 11) is 0. The summed E-state index contributed by atoms with van der Waals surface area (Å²) < 4.78 is 13.0. The van der Waals surface area contributed by atoms with E-state index in [-0.39, 0.29) is 16.3 Å². The van der Waals surface area contributed by atoms with E-state index in [1.807, 2.05) is 6.92 Å². The lowest BCUT2D eigenvalue weighted by Crippen LogP contribution is -2.09. The molecule has 0 fully saturated rings. The summed E-state index contributed by atoms with van der Waals surface area (Å²) in [5, 5.41) is 10.4. The van der Waals surface area contributed by atoms with Gasteiger partial charge in [0.15, 0.2) is 11.0 Å². The third-order valence-corrected chi connectivity index (χ3v) is 3.03. The quantitative estimate of drug-likeness (QED) is 0.941. The molecule has 4 nitrogen and oxygen atoms in total. The molecule has 2 rings (SSSR count). The maximum Gasteiger partial charge on any atom is 0.245 e. The Kier molecular flexibility index (Phi) is 4.50. The number of hydrogen-bond donors (Lipinski definition) is 1. The highest BCUT2D eigenvalue weighted by atomic mass is 35.5. The van der Waals surface area contributed by atoms with Crippen molar-refractivity contribution in [1.82, 2.24) is 15.2 Å². The number of hydrogen-bond acceptors (Lipinski definition) is 4. The molecule has 0 aliphatic rings. The molecule has 0 amide bonds. The normalized spacial score (nSPS) is 10.5. The minimum atomic E-state index is -0.232. The molecule has 1 aromatic carbocycles. The zero-order valence-electron chi connectivity index (χ0n) is 10.1. The highest BCUT2D eigenvalue weighted by molar-refractivity contribution is 6.32. The van der Waals surface area contributed by atoms with Crippen molar-refractivity contribution < 1.29 is 4.39 Å². The standard InChI is InChI=1S/C12H11Cl2FN4/c1-7-6-9(15)3-2-8(7)4-5-16-11-10(13)18-19-12(14)17-11/h2-3,6H,4-5H2,1H3,(H,16,17,19). The molecule has 0 aliphatic carbocycles. The van der Waals surface area contributed by atoms with Crippen LogP contribution in [0.25, 0.3) is 0 Å². The zero-order chi connectivity index (χ0) is 13.8. The van der Waals surface area contributed by atoms with Crippen molar-refractivity contribution in [2.24, 2.45) is 0 Å². The fraction of sp³-hybridized carbons (Fsp3) is 0.250. The van der Waals surface area contributed by atoms with Crippen molar-refractivity contribution in [2.75, 3.05) is 11.9 Å². The maximum absolute atomic E-state index is 13.0. The minimum Gasteiger partial charge on any atom is -0.367 e. The van der Waals surface area contributed by atoms with E-state index in [2.05, 4.69) is 20.5 Å². The molecule has 1 heterocycles. The Balaban J connectivity index is 1.98. The molecule has 0 unspecified atom stereocenters. The fourth-order valence-electron chi connectivity index (χ4n) is 1.66. The van der Waals surface area contributed by atoms with Crippen molar-refractivity contribution in [3.05, 3.63) is 45.6 Å². The van der Waals surface area contributed by atoms with Crippen LogP contribution >= 0.6 is 23.2 Å². The lowest BCUT2D eigenvalue weighted by molar-refractivity contribution is 0.625. The molecule has 2 aromatic rings. The predicted molar refractivity (Wildman–Crippen MR) is 73.2 cm³/mol. The van der Waals surface area contributed by atoms with E-state index in [1.54, 1.807) is 6.07 Å². The molecule has 0 saturated carbocycles. The summed E-state index contributed by atoms with van der Waals surface area (Å²) in [6, 6.07) is 4.71. The SMILES string of the molecule is Cc1cc(F)ccc1CCNc1nc(Cl)nnc1Cl. The fourth-order valence-corrected chi connectivity index (χ4v) is 1.93. The lowest BCUT2D eigenvalue weighted by Gasteiger charge is -2.08. The van der Waals surface area contributed by atoms with Gasteiger partial charge in [-0.25, -0.2) is 4.39 Å². The van der Waals surface area contributed by atoms with Crippen LogP contribution in [0.5, 0.6) is 0 Å². The van der Waals surface area contributed by atoms with Gasteiger partial charge in [-0.3, -0.25) is 0 Å². The lowest BCUT2D eigenvalue weighted by atomic mass is 10.1. The molecule has 19 heavy (non-hydrogen) atoms. The molecule has 0 bridgehead atoms. The minimum absolute atomic E-state index is 0.0323. The van der Waals surface area contributed by atoms with Gasteiger partial charge in [-0.1, -0.05) is 17.7 Å². The number of anilines is 1. The van der Waals surface area contributed by atoms with E-state index in [1.165, 1.54) is 12.1 Å². The first-order valence-corrected chi connectivity index (χ1v) is 6.36. The predicted octanol–water partition coefficient (Wildman–Crippen LogP) is 3.28. The van der Waals surface area contributed by atoms with Gasteiger partial charge < -0.3 is 5.32 Å². The molecule has 0 saturated heterocycles. The van der Waals surface area contributed by atoms with Crippen LogP contribution in [0.4, 0.5) is 10.2 Å². The molecule has 0 atom stereocenters. The van der Waals surface area contributed by atoms with Gasteiger partial charge in [0.1, 0.15) is 5.82 Å². The number of halogens is 3. The third-order valence-electron chi connectivity index (χ3n) is 2.61. The molecule has 7 heteroatoms. The molecule has 1 N–H and O–H groups in total. The Labute approximate surface area is 120 Å². The summed E-state index contributed by atoms with van der Waals surface area (Å²) in [5.74, 6) is 0.158. The van der Waals surface area contributed by atoms with E-state index in [4.69, 9.17) is 23.2 Å². The summed E-state index contributed by atoms with van der Waals surface area (Å²) in [5.41, 5.74) is 1.96. The Morgan fingerprint density at radius 2 is 2.05 bits per heavy atom. The second-order valence-corrected chi connectivity index (χ2v) is 4.66. The largest absolute Gasteiger partial charge is 0.367 e. The Morgan fingerprint density at radius 3 is 2.79 bits per heavy atom. The van der Waals surface area contributed by atoms with E-state index in [9.17, 15) is 4.39 Å². The summed E-state index contributed by atoms with van der Waals surface area (Å²) in [6.07, 6.45) is 0.712. The summed E-state index contributed by atoms with van der Waals surface area (Å²) in [4.78, 5) is 3.93. The topological polar surface area (TPSA) is 50.7 Å². The number of rotatable bonds is 4. The van der Waals surface area contributed by atoms with Crippen molar-refractivity contribution in [3.63, 3.8) is 0 Å². The summed E-state index contributed by atoms with van der Waals surface area (Å²) in [6.45, 7) is 2.45. The van der Waals surface area contributed by atoms with Gasteiger partial charge in [0.25, 0.3) is 0 Å². The van der Waals surface area contributed by atoms with Crippen LogP contribution in [0.3, 0.4) is 0 Å². The monoisotopic (exact) mass is 300 g/mol. The van der Waals surface area contributed by atoms with Crippen LogP contribution in [0, 0.1) is 12.7 Å². The number of benzene rings is 1. The van der Waals surface area contributed by atoms with Gasteiger partial charge in [-0.15, -0.1) is 10.2 Å². The van der Waals surface area contributed by atoms with Crippen molar-refractivity contribution in [1.29, 1.82) is 0 Å². The molecule has 1 aromatic heterocycles. The molecular formula is C12H11Cl2FN4. The molecule has 0 radical (unpaired) electrons. The van der Waals surface area contributed by atoms with Gasteiger partial charge in [0, 0.05) is 6.54 Å². The van der Waals surface area contributed by atoms with Crippen molar-refractivity contribution in [3.8, 4) is 0 Å². The Bertz CT molecular complexity index is 592. The van der Waals surface area contributed by atoms with Crippen LogP contribution in [-0.4, -0.2) is 21.7 Å². The first-order valence-electron chi connectivity index (χ1n) is 5.61. The van der Waals surface area contributed by atoms with Gasteiger partial charge in [-0.05, 0) is 48.2 Å². The number of aryl methyl sites for hydroxylation is 1. The van der Waals surface area contributed by atoms with Gasteiger partial charge in [0.2, 0.25) is 5.28 Å². The first-order chi connectivity index (χ1) is 9.06. The van der Waals surface area contributed by atoms with Crippen LogP contribution < -0.4 is 5.32 Å². The summed E-state index contributed by atoms with van der Waals surface area (Å²) >= 11 is 11.5. The number of nitrogens with one attached hydrogen (secondary N) is 1. The van der Waals surface area contributed by atoms with Crippen LogP contribution in [-0.2, 0) is 6.42 Å². The van der Waals surface area contributed by atoms with Gasteiger partial charge in [0.05, 0.1) is 0 Å². The van der Waals surface area contributed by atoms with E-state index >= 15 is 0 Å². The maximum atomic E-state index is 13.0. The van der Waals surface area contributed by atoms with E-state index in [0.29, 0.717) is 18.8 Å². The molecule has 0 spiro atoms. The number of aromatic nitrogens is 3. The highest BCUT2D eigenvalue weighted by Gasteiger charge is 2.06. The molecular weight excluding hydrogens is 290 g/mol. The van der Waals surface area contributed by atoms with E-state index in [0.717, 1.165) is 11.1 Å². The number of nitrogens with zero attached hydrogens (tertiary/aromatic N) is 3. The molecule has 100 valence electrons. The third kappa shape index (κ3) is 3.75. The van der Waals surface area contributed by atoms with Gasteiger partial charge in [-0.2, -0.15) is 4.98 Å². The zero-order valence-corrected chi connectivity index (χ0v) is 11.6. The van der Waals surface area contributed by atoms with Crippen LogP contribution in [0.1, 0.15) is 11.1 Å². The van der Waals surface area contributed by atoms with Crippen molar-refractivity contribution >= 4 is 29.0 Å². The second kappa shape index (κ2) is 6.12. The highest BCUT2D eigenvalue weighted by Crippen LogP contribution is 2.17. The average Bonchev–Trinajstić information content (AvgIpc) is 2.36. The van der Waals surface area contributed by atoms with Crippen LogP contribution in [0.2, 0.25) is 10.4 Å². The van der Waals surface area contributed by atoms with Gasteiger partial charge >= 0.3 is 0 Å². The van der Waals surface area contributed by atoms with Crippen LogP contribution in [0.15, 0.2) is 18.2 Å². The Morgan fingerprint density at radius 1 is 1.26 bits per heavy atom. The molecule has 0 aliphatic heterocycles.